The molecule has 5 nitrogen and oxygen atoms in total. The van der Waals surface area contributed by atoms with Crippen molar-refractivity contribution in [1.29, 1.82) is 0 Å². The van der Waals surface area contributed by atoms with Crippen LogP contribution in [0.15, 0.2) is 36.5 Å². The Hall–Kier alpha value is -2.83. The third kappa shape index (κ3) is 6.55. The number of carbonyl (C=O) groups excluding carboxylic acids is 2. The van der Waals surface area contributed by atoms with Crippen LogP contribution in [0.5, 0.6) is 0 Å². The lowest BCUT2D eigenvalue weighted by atomic mass is 9.83. The van der Waals surface area contributed by atoms with E-state index in [1.807, 2.05) is 0 Å². The van der Waals surface area contributed by atoms with Gasteiger partial charge in [-0.2, -0.15) is 0 Å². The number of hydrogen-bond donors (Lipinski definition) is 1. The summed E-state index contributed by atoms with van der Waals surface area (Å²) in [6, 6.07) is 7.93. The predicted molar refractivity (Wildman–Crippen MR) is 149 cm³/mol. The van der Waals surface area contributed by atoms with Crippen LogP contribution in [0.4, 0.5) is 10.1 Å². The van der Waals surface area contributed by atoms with Gasteiger partial charge in [0.05, 0.1) is 27.4 Å². The Bertz CT molecular complexity index is 1260. The molecule has 0 unspecified atom stereocenters. The minimum atomic E-state index is -0.698. The van der Waals surface area contributed by atoms with Crippen molar-refractivity contribution in [3.05, 3.63) is 58.5 Å². The van der Waals surface area contributed by atoms with Gasteiger partial charge in [0.15, 0.2) is 12.1 Å². The molecule has 7 heteroatoms. The highest BCUT2D eigenvalue weighted by molar-refractivity contribution is 6.33. The molecule has 2 heterocycles. The molecule has 0 amide bonds. The third-order valence-corrected chi connectivity index (χ3v) is 7.98. The molecule has 5 rings (SSSR count). The highest BCUT2D eigenvalue weighted by Gasteiger charge is 2.22. The highest BCUT2D eigenvalue weighted by Crippen LogP contribution is 2.32. The Morgan fingerprint density at radius 2 is 1.84 bits per heavy atom. The van der Waals surface area contributed by atoms with E-state index in [9.17, 15) is 14.0 Å². The average molecular weight is 524 g/mol. The van der Waals surface area contributed by atoms with Crippen molar-refractivity contribution in [2.75, 3.05) is 25.4 Å². The second-order valence-electron chi connectivity index (χ2n) is 10.5. The number of anilines is 1. The second-order valence-corrected chi connectivity index (χ2v) is 10.9. The zero-order chi connectivity index (χ0) is 26.5. The molecule has 2 N–H and O–H groups in total. The van der Waals surface area contributed by atoms with Gasteiger partial charge in [0.25, 0.3) is 0 Å². The SMILES string of the molecule is CC(=O)c1cnc2ccc(-c3cc(F)c(C=O)c(Cl)c3)cc2c1N.CC1CCC(CN2CCCC2)CC1. The summed E-state index contributed by atoms with van der Waals surface area (Å²) in [5.41, 5.74) is 8.31. The van der Waals surface area contributed by atoms with Gasteiger partial charge in [-0.15, -0.1) is 0 Å². The number of ketones is 1. The number of hydrogen-bond acceptors (Lipinski definition) is 5. The molecule has 1 aromatic heterocycles. The van der Waals surface area contributed by atoms with Crippen molar-refractivity contribution in [1.82, 2.24) is 9.88 Å². The maximum Gasteiger partial charge on any atom is 0.163 e. The topological polar surface area (TPSA) is 76.3 Å². The highest BCUT2D eigenvalue weighted by atomic mass is 35.5. The number of aldehydes is 1. The quantitative estimate of drug-likeness (QED) is 0.282. The minimum Gasteiger partial charge on any atom is -0.398 e. The summed E-state index contributed by atoms with van der Waals surface area (Å²) in [5.74, 6) is 1.16. The van der Waals surface area contributed by atoms with Gasteiger partial charge < -0.3 is 10.6 Å². The lowest BCUT2D eigenvalue weighted by molar-refractivity contribution is 0.101. The molecule has 2 aliphatic rings. The molecule has 1 aliphatic heterocycles. The van der Waals surface area contributed by atoms with E-state index in [4.69, 9.17) is 17.3 Å². The molecule has 1 aliphatic carbocycles. The number of Topliss-reactive ketones (excluding diaryl/α,β-unsaturated/α-hetero) is 1. The van der Waals surface area contributed by atoms with Gasteiger partial charge in [-0.1, -0.05) is 37.4 Å². The molecule has 0 bridgehead atoms. The smallest absolute Gasteiger partial charge is 0.163 e. The van der Waals surface area contributed by atoms with E-state index in [1.54, 1.807) is 18.2 Å². The second kappa shape index (κ2) is 12.1. The van der Waals surface area contributed by atoms with Crippen LogP contribution in [-0.2, 0) is 0 Å². The van der Waals surface area contributed by atoms with Gasteiger partial charge in [0.1, 0.15) is 5.82 Å². The fraction of sp³-hybridized carbons (Fsp3) is 0.433. The standard InChI is InChI=1S/C18H12ClFN2O2.C12H23N/c1-9(24)13-7-22-17-3-2-10(4-12(17)18(13)21)11-5-15(19)14(8-23)16(20)6-11;1-11-4-6-12(7-5-11)10-13-8-2-3-9-13/h2-8H,1H3,(H2,21,22);11-12H,2-10H2,1H3. The normalized spacial score (nSPS) is 19.9. The molecule has 2 aromatic carbocycles. The first-order valence-electron chi connectivity index (χ1n) is 13.1. The minimum absolute atomic E-state index is 0.0312. The van der Waals surface area contributed by atoms with Crippen LogP contribution in [0.1, 0.15) is 73.1 Å². The summed E-state index contributed by atoms with van der Waals surface area (Å²) in [7, 11) is 0. The molecule has 2 fully saturated rings. The Balaban J connectivity index is 0.000000207. The number of fused-ring (bicyclic) bond motifs is 1. The van der Waals surface area contributed by atoms with Crippen LogP contribution in [0.3, 0.4) is 0 Å². The molecule has 0 spiro atoms. The van der Waals surface area contributed by atoms with Crippen molar-refractivity contribution < 1.29 is 14.0 Å². The monoisotopic (exact) mass is 523 g/mol. The number of pyridine rings is 1. The zero-order valence-electron chi connectivity index (χ0n) is 21.6. The van der Waals surface area contributed by atoms with Crippen LogP contribution in [-0.4, -0.2) is 41.6 Å². The van der Waals surface area contributed by atoms with E-state index in [2.05, 4.69) is 16.8 Å². The molecule has 1 saturated carbocycles. The summed E-state index contributed by atoms with van der Waals surface area (Å²) in [5, 5.41) is 0.625. The molecule has 37 heavy (non-hydrogen) atoms. The number of nitrogen functional groups attached to an aromatic ring is 1. The van der Waals surface area contributed by atoms with Crippen LogP contribution < -0.4 is 5.73 Å². The number of benzene rings is 2. The number of likely N-dealkylation sites (tertiary alicyclic amines) is 1. The number of aromatic nitrogens is 1. The van der Waals surface area contributed by atoms with Crippen molar-refractivity contribution in [3.8, 4) is 11.1 Å². The summed E-state index contributed by atoms with van der Waals surface area (Å²) < 4.78 is 14.0. The van der Waals surface area contributed by atoms with Crippen molar-refractivity contribution in [2.24, 2.45) is 11.8 Å². The molecule has 1 saturated heterocycles. The summed E-state index contributed by atoms with van der Waals surface area (Å²) in [6.45, 7) is 7.99. The maximum atomic E-state index is 14.0. The van der Waals surface area contributed by atoms with E-state index in [1.165, 1.54) is 83.4 Å². The predicted octanol–water partition coefficient (Wildman–Crippen LogP) is 7.20. The number of carbonyl (C=O) groups is 2. The van der Waals surface area contributed by atoms with Crippen LogP contribution in [0.25, 0.3) is 22.0 Å². The molecule has 196 valence electrons. The Morgan fingerprint density at radius 1 is 1.14 bits per heavy atom. The number of rotatable bonds is 5. The van der Waals surface area contributed by atoms with Crippen molar-refractivity contribution in [2.45, 2.75) is 52.4 Å². The summed E-state index contributed by atoms with van der Waals surface area (Å²) in [4.78, 5) is 29.3. The molecule has 3 aromatic rings. The molecule has 0 radical (unpaired) electrons. The van der Waals surface area contributed by atoms with Crippen molar-refractivity contribution >= 4 is 40.3 Å². The molecular formula is C30H35ClFN3O2. The first-order valence-corrected chi connectivity index (χ1v) is 13.5. The van der Waals surface area contributed by atoms with E-state index < -0.39 is 5.82 Å². The number of nitrogens with two attached hydrogens (primary N) is 1. The fourth-order valence-electron chi connectivity index (χ4n) is 5.38. The van der Waals surface area contributed by atoms with E-state index in [0.29, 0.717) is 39.6 Å². The van der Waals surface area contributed by atoms with Gasteiger partial charge in [-0.25, -0.2) is 4.39 Å². The van der Waals surface area contributed by atoms with E-state index >= 15 is 0 Å². The van der Waals surface area contributed by atoms with Gasteiger partial charge in [-0.3, -0.25) is 14.6 Å². The number of nitrogens with zero attached hydrogens (tertiary/aromatic N) is 2. The first-order chi connectivity index (χ1) is 17.8. The van der Waals surface area contributed by atoms with Crippen LogP contribution >= 0.6 is 11.6 Å². The summed E-state index contributed by atoms with van der Waals surface area (Å²) in [6.07, 6.45) is 10.7. The largest absolute Gasteiger partial charge is 0.398 e. The Labute approximate surface area is 223 Å². The average Bonchev–Trinajstić information content (AvgIpc) is 3.39. The molecular weight excluding hydrogens is 489 g/mol. The van der Waals surface area contributed by atoms with Crippen LogP contribution in [0.2, 0.25) is 5.02 Å². The summed E-state index contributed by atoms with van der Waals surface area (Å²) >= 11 is 5.95. The Morgan fingerprint density at radius 3 is 2.46 bits per heavy atom. The van der Waals surface area contributed by atoms with Crippen LogP contribution in [0, 0.1) is 17.7 Å². The van der Waals surface area contributed by atoms with Gasteiger partial charge >= 0.3 is 0 Å². The molecule has 0 atom stereocenters. The Kier molecular flexibility index (Phi) is 8.93. The lowest BCUT2D eigenvalue weighted by Crippen LogP contribution is -2.28. The fourth-order valence-corrected chi connectivity index (χ4v) is 5.63. The number of halogens is 2. The van der Waals surface area contributed by atoms with Gasteiger partial charge in [-0.05, 0) is 92.9 Å². The van der Waals surface area contributed by atoms with Crippen molar-refractivity contribution in [3.63, 3.8) is 0 Å². The van der Waals surface area contributed by atoms with E-state index in [-0.39, 0.29) is 16.4 Å². The van der Waals surface area contributed by atoms with Gasteiger partial charge in [0, 0.05) is 18.1 Å². The zero-order valence-corrected chi connectivity index (χ0v) is 22.4. The van der Waals surface area contributed by atoms with Gasteiger partial charge in [0.2, 0.25) is 0 Å². The van der Waals surface area contributed by atoms with E-state index in [0.717, 1.165) is 11.8 Å². The maximum absolute atomic E-state index is 14.0. The third-order valence-electron chi connectivity index (χ3n) is 7.67. The lowest BCUT2D eigenvalue weighted by Gasteiger charge is -2.29. The first kappa shape index (κ1) is 27.2.